The van der Waals surface area contributed by atoms with Crippen molar-refractivity contribution < 1.29 is 14.3 Å². The third kappa shape index (κ3) is 1.80. The van der Waals surface area contributed by atoms with Crippen molar-refractivity contribution in [3.8, 4) is 5.88 Å². The van der Waals surface area contributed by atoms with Crippen molar-refractivity contribution in [1.82, 2.24) is 10.2 Å². The molecule has 72 valence electrons. The van der Waals surface area contributed by atoms with Gasteiger partial charge in [0, 0.05) is 5.56 Å². The highest BCUT2D eigenvalue weighted by atomic mass is 16.5. The van der Waals surface area contributed by atoms with Gasteiger partial charge >= 0.3 is 5.97 Å². The molecule has 1 aromatic rings. The molecule has 5 heteroatoms. The van der Waals surface area contributed by atoms with Crippen molar-refractivity contribution >= 4 is 5.97 Å². The SMILES string of the molecule is CCOC(=O)c1[nH]nc(OC)c1C. The monoisotopic (exact) mass is 184 g/mol. The Morgan fingerprint density at radius 2 is 2.31 bits per heavy atom. The summed E-state index contributed by atoms with van der Waals surface area (Å²) < 4.78 is 9.70. The molecule has 0 radical (unpaired) electrons. The summed E-state index contributed by atoms with van der Waals surface area (Å²) in [5.41, 5.74) is 1.01. The average molecular weight is 184 g/mol. The number of aromatic amines is 1. The second-order valence-electron chi connectivity index (χ2n) is 2.45. The van der Waals surface area contributed by atoms with Crippen LogP contribution >= 0.6 is 0 Å². The molecule has 0 fully saturated rings. The first kappa shape index (κ1) is 9.57. The smallest absolute Gasteiger partial charge is 0.356 e. The lowest BCUT2D eigenvalue weighted by Gasteiger charge is -1.99. The van der Waals surface area contributed by atoms with Crippen molar-refractivity contribution in [1.29, 1.82) is 0 Å². The molecule has 0 aromatic carbocycles. The van der Waals surface area contributed by atoms with Crippen LogP contribution in [0.1, 0.15) is 23.0 Å². The van der Waals surface area contributed by atoms with Crippen LogP contribution in [0, 0.1) is 6.92 Å². The number of carbonyl (C=O) groups is 1. The maximum absolute atomic E-state index is 11.2. The fraction of sp³-hybridized carbons (Fsp3) is 0.500. The van der Waals surface area contributed by atoms with Crippen molar-refractivity contribution in [2.24, 2.45) is 0 Å². The average Bonchev–Trinajstić information content (AvgIpc) is 2.47. The molecular formula is C8H12N2O3. The van der Waals surface area contributed by atoms with Gasteiger partial charge in [-0.2, -0.15) is 0 Å². The Hall–Kier alpha value is -1.52. The number of hydrogen-bond acceptors (Lipinski definition) is 4. The molecule has 0 saturated heterocycles. The Balaban J connectivity index is 2.89. The van der Waals surface area contributed by atoms with Gasteiger partial charge in [0.15, 0.2) is 0 Å². The zero-order valence-electron chi connectivity index (χ0n) is 7.88. The van der Waals surface area contributed by atoms with E-state index in [9.17, 15) is 4.79 Å². The molecule has 5 nitrogen and oxygen atoms in total. The maximum atomic E-state index is 11.2. The summed E-state index contributed by atoms with van der Waals surface area (Å²) in [5.74, 6) is 0.0128. The zero-order valence-corrected chi connectivity index (χ0v) is 7.88. The van der Waals surface area contributed by atoms with E-state index >= 15 is 0 Å². The standard InChI is InChI=1S/C8H12N2O3/c1-4-13-8(11)6-5(2)7(12-3)10-9-6/h4H2,1-3H3,(H,9,10). The van der Waals surface area contributed by atoms with Gasteiger partial charge in [-0.3, -0.25) is 5.10 Å². The number of nitrogens with zero attached hydrogens (tertiary/aromatic N) is 1. The third-order valence-corrected chi connectivity index (χ3v) is 1.64. The molecule has 0 bridgehead atoms. The lowest BCUT2D eigenvalue weighted by atomic mass is 10.3. The minimum Gasteiger partial charge on any atom is -0.480 e. The fourth-order valence-corrected chi connectivity index (χ4v) is 0.982. The molecule has 0 saturated carbocycles. The van der Waals surface area contributed by atoms with E-state index in [0.717, 1.165) is 0 Å². The van der Waals surface area contributed by atoms with Crippen LogP contribution in [-0.2, 0) is 4.74 Å². The second kappa shape index (κ2) is 3.93. The Labute approximate surface area is 76.0 Å². The van der Waals surface area contributed by atoms with Crippen LogP contribution in [0.4, 0.5) is 0 Å². The Kier molecular flexibility index (Phi) is 2.89. The normalized spacial score (nSPS) is 9.77. The summed E-state index contributed by atoms with van der Waals surface area (Å²) in [6.07, 6.45) is 0. The molecule has 1 aromatic heterocycles. The molecule has 0 aliphatic carbocycles. The van der Waals surface area contributed by atoms with Gasteiger partial charge in [-0.15, -0.1) is 5.10 Å². The van der Waals surface area contributed by atoms with Crippen molar-refractivity contribution in [3.05, 3.63) is 11.3 Å². The zero-order chi connectivity index (χ0) is 9.84. The number of carbonyl (C=O) groups excluding carboxylic acids is 1. The Morgan fingerprint density at radius 3 is 2.77 bits per heavy atom. The predicted molar refractivity (Wildman–Crippen MR) is 45.8 cm³/mol. The van der Waals surface area contributed by atoms with E-state index in [-0.39, 0.29) is 0 Å². The molecule has 0 aliphatic rings. The summed E-state index contributed by atoms with van der Waals surface area (Å²) in [6, 6.07) is 0. The van der Waals surface area contributed by atoms with E-state index in [1.807, 2.05) is 0 Å². The summed E-state index contributed by atoms with van der Waals surface area (Å²) in [4.78, 5) is 11.2. The van der Waals surface area contributed by atoms with Crippen LogP contribution in [0.2, 0.25) is 0 Å². The van der Waals surface area contributed by atoms with Gasteiger partial charge in [-0.05, 0) is 13.8 Å². The predicted octanol–water partition coefficient (Wildman–Crippen LogP) is 0.903. The van der Waals surface area contributed by atoms with Gasteiger partial charge in [-0.1, -0.05) is 0 Å². The van der Waals surface area contributed by atoms with Crippen molar-refractivity contribution in [2.75, 3.05) is 13.7 Å². The molecule has 0 aliphatic heterocycles. The minimum atomic E-state index is -0.407. The van der Waals surface area contributed by atoms with Gasteiger partial charge in [0.2, 0.25) is 5.88 Å². The first-order chi connectivity index (χ1) is 6.20. The van der Waals surface area contributed by atoms with E-state index in [1.54, 1.807) is 13.8 Å². The maximum Gasteiger partial charge on any atom is 0.356 e. The van der Waals surface area contributed by atoms with Gasteiger partial charge in [-0.25, -0.2) is 4.79 Å². The van der Waals surface area contributed by atoms with Gasteiger partial charge < -0.3 is 9.47 Å². The number of aromatic nitrogens is 2. The molecule has 1 N–H and O–H groups in total. The lowest BCUT2D eigenvalue weighted by molar-refractivity contribution is 0.0518. The van der Waals surface area contributed by atoms with E-state index in [2.05, 4.69) is 10.2 Å². The van der Waals surface area contributed by atoms with Crippen LogP contribution in [0.3, 0.4) is 0 Å². The highest BCUT2D eigenvalue weighted by molar-refractivity contribution is 5.89. The van der Waals surface area contributed by atoms with E-state index in [1.165, 1.54) is 7.11 Å². The Morgan fingerprint density at radius 1 is 1.62 bits per heavy atom. The highest BCUT2D eigenvalue weighted by Crippen LogP contribution is 2.17. The largest absolute Gasteiger partial charge is 0.480 e. The molecule has 1 rings (SSSR count). The summed E-state index contributed by atoms with van der Waals surface area (Å²) >= 11 is 0. The van der Waals surface area contributed by atoms with Crippen LogP contribution in [0.15, 0.2) is 0 Å². The van der Waals surface area contributed by atoms with Gasteiger partial charge in [0.25, 0.3) is 0 Å². The van der Waals surface area contributed by atoms with E-state index < -0.39 is 5.97 Å². The van der Waals surface area contributed by atoms with Crippen LogP contribution in [-0.4, -0.2) is 29.9 Å². The van der Waals surface area contributed by atoms with Gasteiger partial charge in [0.05, 0.1) is 13.7 Å². The van der Waals surface area contributed by atoms with Crippen LogP contribution < -0.4 is 4.74 Å². The minimum absolute atomic E-state index is 0.346. The highest BCUT2D eigenvalue weighted by Gasteiger charge is 2.16. The molecule has 0 amide bonds. The van der Waals surface area contributed by atoms with Crippen LogP contribution in [0.25, 0.3) is 0 Å². The number of H-pyrrole nitrogens is 1. The third-order valence-electron chi connectivity index (χ3n) is 1.64. The molecular weight excluding hydrogens is 172 g/mol. The first-order valence-corrected chi connectivity index (χ1v) is 3.96. The topological polar surface area (TPSA) is 64.2 Å². The fourth-order valence-electron chi connectivity index (χ4n) is 0.982. The first-order valence-electron chi connectivity index (χ1n) is 3.96. The number of nitrogens with one attached hydrogen (secondary N) is 1. The van der Waals surface area contributed by atoms with Gasteiger partial charge in [0.1, 0.15) is 5.69 Å². The molecule has 1 heterocycles. The van der Waals surface area contributed by atoms with E-state index in [0.29, 0.717) is 23.7 Å². The van der Waals surface area contributed by atoms with E-state index in [4.69, 9.17) is 9.47 Å². The van der Waals surface area contributed by atoms with Crippen LogP contribution in [0.5, 0.6) is 5.88 Å². The summed E-state index contributed by atoms with van der Waals surface area (Å²) in [5, 5.41) is 6.35. The molecule has 0 unspecified atom stereocenters. The summed E-state index contributed by atoms with van der Waals surface area (Å²) in [6.45, 7) is 3.84. The summed E-state index contributed by atoms with van der Waals surface area (Å²) in [7, 11) is 1.50. The quantitative estimate of drug-likeness (QED) is 0.709. The number of rotatable bonds is 3. The molecule has 13 heavy (non-hydrogen) atoms. The van der Waals surface area contributed by atoms with Crippen molar-refractivity contribution in [3.63, 3.8) is 0 Å². The molecule has 0 atom stereocenters. The molecule has 0 spiro atoms. The van der Waals surface area contributed by atoms with Crippen molar-refractivity contribution in [2.45, 2.75) is 13.8 Å². The number of esters is 1. The number of hydrogen-bond donors (Lipinski definition) is 1. The second-order valence-corrected chi connectivity index (χ2v) is 2.45. The number of ether oxygens (including phenoxy) is 2. The lowest BCUT2D eigenvalue weighted by Crippen LogP contribution is -2.06. The number of methoxy groups -OCH3 is 1. The Bertz CT molecular complexity index is 306.